The number of nitrogens with zero attached hydrogens (tertiary/aromatic N) is 3. The lowest BCUT2D eigenvalue weighted by Gasteiger charge is -2.36. The average molecular weight is 569 g/mol. The number of ether oxygens (including phenoxy) is 1. The molecule has 0 unspecified atom stereocenters. The van der Waals surface area contributed by atoms with Crippen LogP contribution in [0.1, 0.15) is 11.3 Å². The number of nitrogens with one attached hydrogen (secondary N) is 2. The summed E-state index contributed by atoms with van der Waals surface area (Å²) in [6, 6.07) is 25.8. The number of hydrogen-bond donors (Lipinski definition) is 2. The SMILES string of the molecule is COc1ccc(NC(=O)Nc2cccc(CCN3CCN(c4cccc5nc(C)ccc45)CC3)c2)cc1.Cl.Cl. The second-order valence-electron chi connectivity index (χ2n) is 9.38. The van der Waals surface area contributed by atoms with Crippen molar-refractivity contribution < 1.29 is 9.53 Å². The van der Waals surface area contributed by atoms with Crippen molar-refractivity contribution >= 4 is 58.8 Å². The van der Waals surface area contributed by atoms with E-state index < -0.39 is 0 Å². The number of benzene rings is 3. The summed E-state index contributed by atoms with van der Waals surface area (Å²) in [5, 5.41) is 7.01. The van der Waals surface area contributed by atoms with Crippen LogP contribution in [0.2, 0.25) is 0 Å². The van der Waals surface area contributed by atoms with Crippen LogP contribution >= 0.6 is 24.8 Å². The number of hydrogen-bond acceptors (Lipinski definition) is 5. The highest BCUT2D eigenvalue weighted by Crippen LogP contribution is 2.27. The van der Waals surface area contributed by atoms with Gasteiger partial charge in [0.25, 0.3) is 0 Å². The van der Waals surface area contributed by atoms with Gasteiger partial charge in [0.15, 0.2) is 0 Å². The van der Waals surface area contributed by atoms with Crippen molar-refractivity contribution in [1.82, 2.24) is 9.88 Å². The topological polar surface area (TPSA) is 69.7 Å². The fraction of sp³-hybridized carbons (Fsp3) is 0.267. The molecule has 1 fully saturated rings. The number of carbonyl (C=O) groups excluding carboxylic acids is 1. The van der Waals surface area contributed by atoms with E-state index >= 15 is 0 Å². The van der Waals surface area contributed by atoms with Gasteiger partial charge in [0.1, 0.15) is 5.75 Å². The third-order valence-electron chi connectivity index (χ3n) is 6.81. The van der Waals surface area contributed by atoms with E-state index in [1.807, 2.05) is 43.3 Å². The number of urea groups is 1. The summed E-state index contributed by atoms with van der Waals surface area (Å²) in [7, 11) is 1.62. The molecule has 0 saturated carbocycles. The number of aromatic nitrogens is 1. The average Bonchev–Trinajstić information content (AvgIpc) is 2.92. The largest absolute Gasteiger partial charge is 0.497 e. The molecule has 4 aromatic rings. The Morgan fingerprint density at radius 3 is 2.33 bits per heavy atom. The molecular weight excluding hydrogens is 533 g/mol. The van der Waals surface area contributed by atoms with Crippen LogP contribution in [0.5, 0.6) is 5.75 Å². The normalized spacial score (nSPS) is 13.2. The minimum atomic E-state index is -0.266. The van der Waals surface area contributed by atoms with Gasteiger partial charge in [-0.2, -0.15) is 0 Å². The summed E-state index contributed by atoms with van der Waals surface area (Å²) < 4.78 is 5.16. The Labute approximate surface area is 242 Å². The monoisotopic (exact) mass is 567 g/mol. The molecule has 0 bridgehead atoms. The molecular formula is C30H35Cl2N5O2. The summed E-state index contributed by atoms with van der Waals surface area (Å²) in [5.41, 5.74) is 6.09. The predicted molar refractivity (Wildman–Crippen MR) is 165 cm³/mol. The molecule has 2 N–H and O–H groups in total. The van der Waals surface area contributed by atoms with Gasteiger partial charge in [0.05, 0.1) is 12.6 Å². The van der Waals surface area contributed by atoms with E-state index in [1.54, 1.807) is 7.11 Å². The zero-order valence-corrected chi connectivity index (χ0v) is 23.9. The van der Waals surface area contributed by atoms with Crippen LogP contribution in [0.3, 0.4) is 0 Å². The van der Waals surface area contributed by atoms with Gasteiger partial charge in [-0.15, -0.1) is 24.8 Å². The third kappa shape index (κ3) is 7.76. The first-order chi connectivity index (χ1) is 18.1. The molecule has 0 radical (unpaired) electrons. The second-order valence-corrected chi connectivity index (χ2v) is 9.38. The summed E-state index contributed by atoms with van der Waals surface area (Å²) in [4.78, 5) is 22.1. The Bertz CT molecular complexity index is 1380. The van der Waals surface area contributed by atoms with Crippen molar-refractivity contribution in [2.45, 2.75) is 13.3 Å². The predicted octanol–water partition coefficient (Wildman–Crippen LogP) is 6.40. The lowest BCUT2D eigenvalue weighted by Crippen LogP contribution is -2.47. The van der Waals surface area contributed by atoms with Crippen molar-refractivity contribution in [3.05, 3.63) is 90.1 Å². The molecule has 1 saturated heterocycles. The maximum absolute atomic E-state index is 12.4. The molecule has 206 valence electrons. The van der Waals surface area contributed by atoms with E-state index in [0.29, 0.717) is 5.69 Å². The number of aryl methyl sites for hydroxylation is 1. The molecule has 5 rings (SSSR count). The van der Waals surface area contributed by atoms with Crippen molar-refractivity contribution in [3.8, 4) is 5.75 Å². The highest BCUT2D eigenvalue weighted by molar-refractivity contribution is 5.99. The summed E-state index contributed by atoms with van der Waals surface area (Å²) in [6.07, 6.45) is 0.938. The third-order valence-corrected chi connectivity index (χ3v) is 6.81. The van der Waals surface area contributed by atoms with Crippen LogP contribution in [-0.2, 0) is 6.42 Å². The van der Waals surface area contributed by atoms with Crippen molar-refractivity contribution in [3.63, 3.8) is 0 Å². The zero-order valence-electron chi connectivity index (χ0n) is 22.2. The smallest absolute Gasteiger partial charge is 0.323 e. The van der Waals surface area contributed by atoms with E-state index in [4.69, 9.17) is 4.74 Å². The fourth-order valence-corrected chi connectivity index (χ4v) is 4.79. The van der Waals surface area contributed by atoms with Crippen molar-refractivity contribution in [1.29, 1.82) is 0 Å². The van der Waals surface area contributed by atoms with E-state index in [-0.39, 0.29) is 30.8 Å². The van der Waals surface area contributed by atoms with E-state index in [1.165, 1.54) is 16.6 Å². The second kappa shape index (κ2) is 14.0. The molecule has 2 amide bonds. The molecule has 0 aliphatic carbocycles. The lowest BCUT2D eigenvalue weighted by atomic mass is 10.1. The Morgan fingerprint density at radius 1 is 0.872 bits per heavy atom. The van der Waals surface area contributed by atoms with Crippen LogP contribution in [0, 0.1) is 6.92 Å². The Hall–Kier alpha value is -3.52. The van der Waals surface area contributed by atoms with Crippen LogP contribution in [0.4, 0.5) is 21.9 Å². The maximum Gasteiger partial charge on any atom is 0.323 e. The first-order valence-corrected chi connectivity index (χ1v) is 12.7. The number of amides is 2. The van der Waals surface area contributed by atoms with Crippen LogP contribution in [0.25, 0.3) is 10.9 Å². The molecule has 1 aliphatic heterocycles. The number of piperazine rings is 1. The Kier molecular flexibility index (Phi) is 10.8. The van der Waals surface area contributed by atoms with Gasteiger partial charge in [-0.1, -0.05) is 18.2 Å². The molecule has 9 heteroatoms. The standard InChI is InChI=1S/C30H33N5O2.2ClH/c1-22-9-14-27-28(31-22)7-4-8-29(27)35-19-17-34(18-20-35)16-15-23-5-3-6-25(21-23)33-30(36)32-24-10-12-26(37-2)13-11-24;;/h3-14,21H,15-20H2,1-2H3,(H2,32,33,36);2*1H. The van der Waals surface area contributed by atoms with Crippen LogP contribution < -0.4 is 20.3 Å². The number of halogens is 2. The van der Waals surface area contributed by atoms with Crippen LogP contribution in [0.15, 0.2) is 78.9 Å². The molecule has 0 spiro atoms. The molecule has 0 atom stereocenters. The summed E-state index contributed by atoms with van der Waals surface area (Å²) in [6.45, 7) is 7.08. The minimum absolute atomic E-state index is 0. The van der Waals surface area contributed by atoms with Crippen molar-refractivity contribution in [2.24, 2.45) is 0 Å². The molecule has 3 aromatic carbocycles. The van der Waals surface area contributed by atoms with Crippen LogP contribution in [-0.4, -0.2) is 55.7 Å². The molecule has 2 heterocycles. The molecule has 39 heavy (non-hydrogen) atoms. The maximum atomic E-state index is 12.4. The number of rotatable bonds is 7. The van der Waals surface area contributed by atoms with E-state index in [0.717, 1.165) is 61.8 Å². The minimum Gasteiger partial charge on any atom is -0.497 e. The zero-order chi connectivity index (χ0) is 25.6. The quantitative estimate of drug-likeness (QED) is 0.270. The number of methoxy groups -OCH3 is 1. The first kappa shape index (κ1) is 30.0. The lowest BCUT2D eigenvalue weighted by molar-refractivity contribution is 0.261. The van der Waals surface area contributed by atoms with Gasteiger partial charge < -0.3 is 20.3 Å². The molecule has 7 nitrogen and oxygen atoms in total. The number of anilines is 3. The van der Waals surface area contributed by atoms with Gasteiger partial charge in [-0.3, -0.25) is 9.88 Å². The fourth-order valence-electron chi connectivity index (χ4n) is 4.79. The van der Waals surface area contributed by atoms with Crippen molar-refractivity contribution in [2.75, 3.05) is 55.4 Å². The Morgan fingerprint density at radius 2 is 1.59 bits per heavy atom. The van der Waals surface area contributed by atoms with Gasteiger partial charge in [-0.05, 0) is 79.6 Å². The number of carbonyl (C=O) groups is 1. The van der Waals surface area contributed by atoms with E-state index in [2.05, 4.69) is 67.9 Å². The van der Waals surface area contributed by atoms with E-state index in [9.17, 15) is 4.79 Å². The molecule has 1 aliphatic rings. The summed E-state index contributed by atoms with van der Waals surface area (Å²) >= 11 is 0. The molecule has 1 aromatic heterocycles. The number of fused-ring (bicyclic) bond motifs is 1. The summed E-state index contributed by atoms with van der Waals surface area (Å²) in [5.74, 6) is 0.751. The van der Waals surface area contributed by atoms with Gasteiger partial charge >= 0.3 is 6.03 Å². The van der Waals surface area contributed by atoms with Gasteiger partial charge in [0.2, 0.25) is 0 Å². The Balaban J connectivity index is 0.00000210. The first-order valence-electron chi connectivity index (χ1n) is 12.7. The number of pyridine rings is 1. The highest BCUT2D eigenvalue weighted by Gasteiger charge is 2.19. The van der Waals surface area contributed by atoms with Gasteiger partial charge in [-0.25, -0.2) is 4.79 Å². The highest BCUT2D eigenvalue weighted by atomic mass is 35.5. The van der Waals surface area contributed by atoms with Gasteiger partial charge in [0, 0.05) is 60.9 Å².